The summed E-state index contributed by atoms with van der Waals surface area (Å²) in [6, 6.07) is -0.799. The van der Waals surface area contributed by atoms with Gasteiger partial charge < -0.3 is 19.2 Å². The fraction of sp³-hybridized carbons (Fsp3) is 0.783. The van der Waals surface area contributed by atoms with E-state index in [0.29, 0.717) is 12.8 Å². The van der Waals surface area contributed by atoms with Crippen molar-refractivity contribution in [1.29, 1.82) is 0 Å². The first-order valence-electron chi connectivity index (χ1n) is 11.2. The van der Waals surface area contributed by atoms with Gasteiger partial charge in [-0.15, -0.1) is 6.58 Å². The van der Waals surface area contributed by atoms with E-state index in [2.05, 4.69) is 45.8 Å². The first-order valence-corrected chi connectivity index (χ1v) is 14.1. The van der Waals surface area contributed by atoms with E-state index < -0.39 is 43.5 Å². The summed E-state index contributed by atoms with van der Waals surface area (Å²) in [6.07, 6.45) is 1.55. The van der Waals surface area contributed by atoms with Gasteiger partial charge in [0.05, 0.1) is 13.2 Å². The molecule has 0 unspecified atom stereocenters. The highest BCUT2D eigenvalue weighted by Gasteiger charge is 2.62. The van der Waals surface area contributed by atoms with Gasteiger partial charge in [0.2, 0.25) is 5.91 Å². The molecule has 9 heteroatoms. The molecule has 2 fully saturated rings. The van der Waals surface area contributed by atoms with Crippen LogP contribution < -0.4 is 5.32 Å². The lowest BCUT2D eigenvalue weighted by Crippen LogP contribution is -2.53. The third-order valence-corrected chi connectivity index (χ3v) is 11.2. The van der Waals surface area contributed by atoms with Crippen LogP contribution >= 0.6 is 0 Å². The van der Waals surface area contributed by atoms with Gasteiger partial charge in [0.1, 0.15) is 17.2 Å². The Balaban J connectivity index is 2.25. The number of esters is 1. The Labute approximate surface area is 193 Å². The monoisotopic (exact) mass is 468 g/mol. The van der Waals surface area contributed by atoms with Gasteiger partial charge in [0.25, 0.3) is 0 Å². The van der Waals surface area contributed by atoms with E-state index in [-0.39, 0.29) is 23.6 Å². The molecule has 2 amide bonds. The number of likely N-dealkylation sites (tertiary alicyclic amines) is 1. The quantitative estimate of drug-likeness (QED) is 0.363. The second-order valence-electron chi connectivity index (χ2n) is 11.4. The smallest absolute Gasteiger partial charge is 0.411 e. The average Bonchev–Trinajstić information content (AvgIpc) is 3.18. The van der Waals surface area contributed by atoms with Crippen molar-refractivity contribution in [2.24, 2.45) is 5.92 Å². The number of nitrogens with one attached hydrogen (secondary N) is 1. The van der Waals surface area contributed by atoms with Gasteiger partial charge in [-0.05, 0) is 45.3 Å². The minimum atomic E-state index is -2.12. The molecule has 8 nitrogen and oxygen atoms in total. The highest BCUT2D eigenvalue weighted by Crippen LogP contribution is 2.46. The third-order valence-electron chi connectivity index (χ3n) is 6.66. The maximum absolute atomic E-state index is 13.3. The second-order valence-corrected chi connectivity index (χ2v) is 16.1. The molecule has 182 valence electrons. The molecule has 0 aromatic carbocycles. The van der Waals surface area contributed by atoms with Gasteiger partial charge in [-0.2, -0.15) is 0 Å². The third kappa shape index (κ3) is 5.54. The van der Waals surface area contributed by atoms with Crippen LogP contribution in [0.5, 0.6) is 0 Å². The lowest BCUT2D eigenvalue weighted by molar-refractivity contribution is -0.147. The Bertz CT molecular complexity index is 769. The summed E-state index contributed by atoms with van der Waals surface area (Å²) < 4.78 is 17.0. The molecule has 1 N–H and O–H groups in total. The van der Waals surface area contributed by atoms with Crippen LogP contribution in [0.2, 0.25) is 18.1 Å². The van der Waals surface area contributed by atoms with Crippen LogP contribution in [-0.2, 0) is 23.5 Å². The van der Waals surface area contributed by atoms with Crippen LogP contribution in [0.4, 0.5) is 4.79 Å². The second kappa shape index (κ2) is 8.82. The molecular formula is C23H40N2O6Si. The first-order chi connectivity index (χ1) is 14.5. The minimum absolute atomic E-state index is 0.00969. The maximum Gasteiger partial charge on any atom is 0.411 e. The van der Waals surface area contributed by atoms with Crippen LogP contribution in [0.3, 0.4) is 0 Å². The average molecular weight is 469 g/mol. The molecule has 0 spiro atoms. The summed E-state index contributed by atoms with van der Waals surface area (Å²) in [4.78, 5) is 40.1. The normalized spacial score (nSPS) is 28.2. The minimum Gasteiger partial charge on any atom is -0.467 e. The molecule has 1 aliphatic carbocycles. The number of rotatable bonds is 6. The topological polar surface area (TPSA) is 94.2 Å². The van der Waals surface area contributed by atoms with Crippen molar-refractivity contribution in [1.82, 2.24) is 10.2 Å². The lowest BCUT2D eigenvalue weighted by atomic mass is 10.1. The zero-order valence-electron chi connectivity index (χ0n) is 21.0. The van der Waals surface area contributed by atoms with Gasteiger partial charge in [-0.1, -0.05) is 26.8 Å². The molecule has 0 aromatic rings. The van der Waals surface area contributed by atoms with Gasteiger partial charge in [-0.3, -0.25) is 9.69 Å². The Hall–Kier alpha value is -1.87. The molecule has 4 atom stereocenters. The van der Waals surface area contributed by atoms with Gasteiger partial charge in [0.15, 0.2) is 8.32 Å². The number of carbonyl (C=O) groups is 3. The van der Waals surface area contributed by atoms with E-state index in [1.165, 1.54) is 12.0 Å². The Morgan fingerprint density at radius 1 is 1.16 bits per heavy atom. The standard InChI is InChI=1S/C23H40N2O6Si/c1-11-15-13-23(15,19(27)29-8)24-18(26)17-12-16(31-32(9,10)22(5,6)7)14-25(17)20(28)30-21(2,3)4/h11,15-17H,1,12-14H2,2-10H3,(H,24,26)/t15-,16+,17+,23-/m1/s1. The number of methoxy groups -OCH3 is 1. The van der Waals surface area contributed by atoms with Crippen molar-refractivity contribution in [3.05, 3.63) is 12.7 Å². The molecule has 0 radical (unpaired) electrons. The van der Waals surface area contributed by atoms with Crippen molar-refractivity contribution in [3.63, 3.8) is 0 Å². The summed E-state index contributed by atoms with van der Waals surface area (Å²) in [7, 11) is -0.826. The summed E-state index contributed by atoms with van der Waals surface area (Å²) >= 11 is 0. The van der Waals surface area contributed by atoms with E-state index in [1.807, 2.05) is 0 Å². The van der Waals surface area contributed by atoms with Gasteiger partial charge in [0, 0.05) is 18.9 Å². The molecule has 1 saturated heterocycles. The van der Waals surface area contributed by atoms with Crippen molar-refractivity contribution in [3.8, 4) is 0 Å². The number of ether oxygens (including phenoxy) is 2. The van der Waals surface area contributed by atoms with Crippen LogP contribution in [0, 0.1) is 5.92 Å². The van der Waals surface area contributed by atoms with Crippen molar-refractivity contribution >= 4 is 26.3 Å². The van der Waals surface area contributed by atoms with E-state index in [1.54, 1.807) is 26.8 Å². The Kier molecular flexibility index (Phi) is 7.27. The van der Waals surface area contributed by atoms with Crippen molar-refractivity contribution in [2.45, 2.75) is 95.8 Å². The lowest BCUT2D eigenvalue weighted by Gasteiger charge is -2.38. The molecular weight excluding hydrogens is 428 g/mol. The molecule has 32 heavy (non-hydrogen) atoms. The van der Waals surface area contributed by atoms with Crippen molar-refractivity contribution in [2.75, 3.05) is 13.7 Å². The van der Waals surface area contributed by atoms with Crippen molar-refractivity contribution < 1.29 is 28.3 Å². The summed E-state index contributed by atoms with van der Waals surface area (Å²) in [5.41, 5.74) is -1.82. The number of nitrogens with zero attached hydrogens (tertiary/aromatic N) is 1. The zero-order chi connectivity index (χ0) is 24.7. The Morgan fingerprint density at radius 2 is 1.75 bits per heavy atom. The molecule has 1 saturated carbocycles. The molecule has 0 bridgehead atoms. The van der Waals surface area contributed by atoms with E-state index in [4.69, 9.17) is 13.9 Å². The number of hydrogen-bond donors (Lipinski definition) is 1. The fourth-order valence-electron chi connectivity index (χ4n) is 3.73. The number of hydrogen-bond acceptors (Lipinski definition) is 6. The fourth-order valence-corrected chi connectivity index (χ4v) is 5.09. The van der Waals surface area contributed by atoms with E-state index in [0.717, 1.165) is 0 Å². The summed E-state index contributed by atoms with van der Waals surface area (Å²) in [5, 5.41) is 2.83. The van der Waals surface area contributed by atoms with Crippen LogP contribution in [0.1, 0.15) is 54.4 Å². The molecule has 2 rings (SSSR count). The summed E-state index contributed by atoms with van der Waals surface area (Å²) in [5.74, 6) is -1.12. The highest BCUT2D eigenvalue weighted by molar-refractivity contribution is 6.74. The van der Waals surface area contributed by atoms with E-state index in [9.17, 15) is 14.4 Å². The molecule has 1 heterocycles. The van der Waals surface area contributed by atoms with Crippen LogP contribution in [0.25, 0.3) is 0 Å². The Morgan fingerprint density at radius 3 is 2.19 bits per heavy atom. The zero-order valence-corrected chi connectivity index (χ0v) is 22.0. The SMILES string of the molecule is C=C[C@@H]1C[C@]1(NC(=O)[C@@H]1C[C@H](O[Si](C)(C)C(C)(C)C)CN1C(=O)OC(C)(C)C)C(=O)OC. The number of carbonyl (C=O) groups excluding carboxylic acids is 3. The molecule has 2 aliphatic rings. The maximum atomic E-state index is 13.3. The van der Waals surface area contributed by atoms with Gasteiger partial charge >= 0.3 is 12.1 Å². The van der Waals surface area contributed by atoms with Crippen LogP contribution in [-0.4, -0.2) is 68.1 Å². The predicted molar refractivity (Wildman–Crippen MR) is 125 cm³/mol. The molecule has 1 aliphatic heterocycles. The summed E-state index contributed by atoms with van der Waals surface area (Å²) in [6.45, 7) is 20.1. The predicted octanol–water partition coefficient (Wildman–Crippen LogP) is 3.62. The van der Waals surface area contributed by atoms with E-state index >= 15 is 0 Å². The first kappa shape index (κ1) is 26.4. The largest absolute Gasteiger partial charge is 0.467 e. The van der Waals surface area contributed by atoms with Gasteiger partial charge in [-0.25, -0.2) is 9.59 Å². The number of amides is 2. The molecule has 0 aromatic heterocycles. The highest BCUT2D eigenvalue weighted by atomic mass is 28.4. The van der Waals surface area contributed by atoms with Crippen LogP contribution in [0.15, 0.2) is 12.7 Å².